The van der Waals surface area contributed by atoms with E-state index in [1.807, 2.05) is 12.1 Å². The number of carbonyl (C=O) groups excluding carboxylic acids is 1. The molecule has 2 rings (SSSR count). The van der Waals surface area contributed by atoms with Gasteiger partial charge in [0, 0.05) is 11.4 Å². The zero-order valence-electron chi connectivity index (χ0n) is 10.9. The van der Waals surface area contributed by atoms with Crippen molar-refractivity contribution in [3.63, 3.8) is 0 Å². The van der Waals surface area contributed by atoms with Crippen LogP contribution in [0.2, 0.25) is 5.02 Å². The van der Waals surface area contributed by atoms with Crippen LogP contribution in [0.5, 0.6) is 0 Å². The van der Waals surface area contributed by atoms with Crippen molar-refractivity contribution in [2.75, 3.05) is 12.4 Å². The number of esters is 1. The van der Waals surface area contributed by atoms with Crippen molar-refractivity contribution in [1.82, 2.24) is 9.78 Å². The third-order valence-corrected chi connectivity index (χ3v) is 4.56. The van der Waals surface area contributed by atoms with Gasteiger partial charge in [-0.25, -0.2) is 4.68 Å². The van der Waals surface area contributed by atoms with Crippen molar-refractivity contribution in [1.29, 1.82) is 0 Å². The molecule has 0 fully saturated rings. The predicted molar refractivity (Wildman–Crippen MR) is 84.9 cm³/mol. The normalized spacial score (nSPS) is 10.4. The van der Waals surface area contributed by atoms with Gasteiger partial charge in [-0.2, -0.15) is 5.10 Å². The number of aromatic nitrogens is 2. The summed E-state index contributed by atoms with van der Waals surface area (Å²) in [7, 11) is 1.24. The summed E-state index contributed by atoms with van der Waals surface area (Å²) in [5.74, 6) is -0.565. The summed E-state index contributed by atoms with van der Waals surface area (Å²) in [5.41, 5.74) is -0.119. The van der Waals surface area contributed by atoms with E-state index < -0.39 is 11.5 Å². The van der Waals surface area contributed by atoms with Gasteiger partial charge in [0.1, 0.15) is 11.6 Å². The average molecular weight is 393 g/mol. The Hall–Kier alpha value is -1.38. The fourth-order valence-electron chi connectivity index (χ4n) is 1.52. The van der Waals surface area contributed by atoms with Crippen molar-refractivity contribution in [2.45, 2.75) is 13.1 Å². The smallest absolute Gasteiger partial charge is 0.327 e. The van der Waals surface area contributed by atoms with Crippen molar-refractivity contribution in [3.8, 4) is 0 Å². The molecule has 0 amide bonds. The van der Waals surface area contributed by atoms with E-state index >= 15 is 0 Å². The first-order valence-electron chi connectivity index (χ1n) is 5.81. The van der Waals surface area contributed by atoms with Crippen LogP contribution in [0.3, 0.4) is 0 Å². The van der Waals surface area contributed by atoms with Crippen LogP contribution < -0.4 is 10.9 Å². The molecule has 9 heteroatoms. The molecule has 0 saturated heterocycles. The number of anilines is 1. The third kappa shape index (κ3) is 4.05. The van der Waals surface area contributed by atoms with Crippen LogP contribution in [0.15, 0.2) is 26.9 Å². The Morgan fingerprint density at radius 3 is 2.95 bits per heavy atom. The molecule has 0 aliphatic carbocycles. The van der Waals surface area contributed by atoms with Gasteiger partial charge in [-0.15, -0.1) is 11.3 Å². The summed E-state index contributed by atoms with van der Waals surface area (Å²) in [4.78, 5) is 24.2. The topological polar surface area (TPSA) is 73.2 Å². The molecule has 0 aliphatic rings. The molecular formula is C12H11BrClN3O3S. The van der Waals surface area contributed by atoms with Gasteiger partial charge < -0.3 is 10.1 Å². The minimum absolute atomic E-state index is 0.00970. The maximum Gasteiger partial charge on any atom is 0.327 e. The molecule has 1 N–H and O–H groups in total. The lowest BCUT2D eigenvalue weighted by molar-refractivity contribution is -0.141. The molecule has 21 heavy (non-hydrogen) atoms. The molecule has 0 saturated carbocycles. The van der Waals surface area contributed by atoms with Gasteiger partial charge in [0.15, 0.2) is 0 Å². The van der Waals surface area contributed by atoms with E-state index in [-0.39, 0.29) is 11.6 Å². The van der Waals surface area contributed by atoms with E-state index in [1.165, 1.54) is 13.3 Å². The molecule has 0 unspecified atom stereocenters. The van der Waals surface area contributed by atoms with E-state index in [4.69, 9.17) is 11.6 Å². The molecular weight excluding hydrogens is 382 g/mol. The number of thiophene rings is 1. The monoisotopic (exact) mass is 391 g/mol. The third-order valence-electron chi connectivity index (χ3n) is 2.57. The second-order valence-electron chi connectivity index (χ2n) is 3.97. The van der Waals surface area contributed by atoms with Crippen molar-refractivity contribution >= 4 is 50.5 Å². The number of hydrogen-bond donors (Lipinski definition) is 1. The fraction of sp³-hybridized carbons (Fsp3) is 0.250. The number of carbonyl (C=O) groups is 1. The summed E-state index contributed by atoms with van der Waals surface area (Å²) in [6.07, 6.45) is 1.41. The van der Waals surface area contributed by atoms with Crippen LogP contribution in [0.4, 0.5) is 5.69 Å². The maximum atomic E-state index is 12.0. The molecule has 0 bridgehead atoms. The number of ether oxygens (including phenoxy) is 1. The zero-order chi connectivity index (χ0) is 15.4. The molecule has 0 radical (unpaired) electrons. The molecule has 6 nitrogen and oxygen atoms in total. The largest absolute Gasteiger partial charge is 0.468 e. The number of methoxy groups -OCH3 is 1. The van der Waals surface area contributed by atoms with Crippen molar-refractivity contribution in [2.24, 2.45) is 0 Å². The number of nitrogens with zero attached hydrogens (tertiary/aromatic N) is 2. The highest BCUT2D eigenvalue weighted by atomic mass is 79.9. The first-order valence-corrected chi connectivity index (χ1v) is 7.80. The minimum Gasteiger partial charge on any atom is -0.468 e. The molecule has 2 aromatic rings. The van der Waals surface area contributed by atoms with Gasteiger partial charge >= 0.3 is 5.97 Å². The number of rotatable bonds is 5. The zero-order valence-corrected chi connectivity index (χ0v) is 14.1. The highest BCUT2D eigenvalue weighted by Crippen LogP contribution is 2.23. The highest BCUT2D eigenvalue weighted by molar-refractivity contribution is 9.11. The van der Waals surface area contributed by atoms with Crippen LogP contribution in [0.25, 0.3) is 0 Å². The second-order valence-corrected chi connectivity index (χ2v) is 6.90. The average Bonchev–Trinajstić information content (AvgIpc) is 2.88. The van der Waals surface area contributed by atoms with E-state index in [1.54, 1.807) is 11.3 Å². The molecule has 0 aromatic carbocycles. The predicted octanol–water partition coefficient (Wildman–Crippen LogP) is 2.51. The summed E-state index contributed by atoms with van der Waals surface area (Å²) >= 11 is 11.0. The number of nitrogens with one attached hydrogen (secondary N) is 1. The lowest BCUT2D eigenvalue weighted by Crippen LogP contribution is -2.28. The van der Waals surface area contributed by atoms with Crippen molar-refractivity contribution < 1.29 is 9.53 Å². The van der Waals surface area contributed by atoms with Crippen molar-refractivity contribution in [3.05, 3.63) is 42.4 Å². The minimum atomic E-state index is -0.565. The Morgan fingerprint density at radius 1 is 1.57 bits per heavy atom. The Bertz CT molecular complexity index is 716. The molecule has 2 aromatic heterocycles. The Balaban J connectivity index is 2.13. The SMILES string of the molecule is COC(=O)Cn1ncc(NCc2ccc(Br)s2)c(Cl)c1=O. The van der Waals surface area contributed by atoms with Crippen LogP contribution >= 0.6 is 38.9 Å². The van der Waals surface area contributed by atoms with Gasteiger partial charge in [0.05, 0.1) is 22.8 Å². The second kappa shape index (κ2) is 7.06. The van der Waals surface area contributed by atoms with Crippen LogP contribution in [0, 0.1) is 0 Å². The first kappa shape index (κ1) is 16.0. The standard InChI is InChI=1S/C12H11BrClN3O3S/c1-20-10(18)6-17-12(19)11(14)8(5-16-17)15-4-7-2-3-9(13)21-7/h2-3,5,15H,4,6H2,1H3. The van der Waals surface area contributed by atoms with Crippen LogP contribution in [0.1, 0.15) is 4.88 Å². The Kier molecular flexibility index (Phi) is 5.38. The molecule has 0 aliphatic heterocycles. The summed E-state index contributed by atoms with van der Waals surface area (Å²) in [6, 6.07) is 3.90. The molecule has 0 atom stereocenters. The highest BCUT2D eigenvalue weighted by Gasteiger charge is 2.12. The number of hydrogen-bond acceptors (Lipinski definition) is 6. The number of halogens is 2. The van der Waals surface area contributed by atoms with E-state index in [0.29, 0.717) is 12.2 Å². The van der Waals surface area contributed by atoms with Gasteiger partial charge in [0.2, 0.25) is 0 Å². The van der Waals surface area contributed by atoms with Gasteiger partial charge in [-0.1, -0.05) is 11.6 Å². The Morgan fingerprint density at radius 2 is 2.33 bits per heavy atom. The Labute approximate surface area is 137 Å². The lowest BCUT2D eigenvalue weighted by Gasteiger charge is -2.09. The molecule has 0 spiro atoms. The quantitative estimate of drug-likeness (QED) is 0.792. The van der Waals surface area contributed by atoms with Crippen LogP contribution in [-0.2, 0) is 22.6 Å². The lowest BCUT2D eigenvalue weighted by atomic mass is 10.4. The first-order chi connectivity index (χ1) is 10.0. The summed E-state index contributed by atoms with van der Waals surface area (Å²) < 4.78 is 6.47. The molecule has 2 heterocycles. The van der Waals surface area contributed by atoms with Gasteiger partial charge in [-0.3, -0.25) is 9.59 Å². The van der Waals surface area contributed by atoms with E-state index in [9.17, 15) is 9.59 Å². The van der Waals surface area contributed by atoms with E-state index in [2.05, 4.69) is 31.1 Å². The molecule has 112 valence electrons. The fourth-order valence-corrected chi connectivity index (χ4v) is 3.15. The summed E-state index contributed by atoms with van der Waals surface area (Å²) in [6.45, 7) is 0.255. The van der Waals surface area contributed by atoms with E-state index in [0.717, 1.165) is 13.3 Å². The maximum absolute atomic E-state index is 12.0. The van der Waals surface area contributed by atoms with Gasteiger partial charge in [0.25, 0.3) is 5.56 Å². The summed E-state index contributed by atoms with van der Waals surface area (Å²) in [5, 5.41) is 6.93. The van der Waals surface area contributed by atoms with Crippen LogP contribution in [-0.4, -0.2) is 22.9 Å². The van der Waals surface area contributed by atoms with Gasteiger partial charge in [-0.05, 0) is 28.1 Å².